The lowest BCUT2D eigenvalue weighted by Gasteiger charge is -2.07. The zero-order valence-corrected chi connectivity index (χ0v) is 13.5. The van der Waals surface area contributed by atoms with Crippen LogP contribution in [0.15, 0.2) is 48.5 Å². The highest BCUT2D eigenvalue weighted by molar-refractivity contribution is 6.42. The SMILES string of the molecule is Nc1nc(-c2ccc(Cl)cc2)cc(-c2ccc(Cl)c(Cl)c2)n1. The van der Waals surface area contributed by atoms with E-state index >= 15 is 0 Å². The van der Waals surface area contributed by atoms with Gasteiger partial charge in [-0.3, -0.25) is 0 Å². The first-order valence-corrected chi connectivity index (χ1v) is 7.52. The zero-order valence-electron chi connectivity index (χ0n) is 11.2. The molecule has 0 fully saturated rings. The molecule has 0 spiro atoms. The van der Waals surface area contributed by atoms with Gasteiger partial charge in [0.05, 0.1) is 21.4 Å². The van der Waals surface area contributed by atoms with Gasteiger partial charge in [-0.15, -0.1) is 0 Å². The summed E-state index contributed by atoms with van der Waals surface area (Å²) in [6.45, 7) is 0. The van der Waals surface area contributed by atoms with E-state index in [1.807, 2.05) is 24.3 Å². The predicted octanol–water partition coefficient (Wildman–Crippen LogP) is 5.35. The van der Waals surface area contributed by atoms with Gasteiger partial charge in [0, 0.05) is 16.1 Å². The summed E-state index contributed by atoms with van der Waals surface area (Å²) in [5, 5.41) is 1.62. The average molecular weight is 351 g/mol. The molecule has 1 aromatic heterocycles. The number of halogens is 3. The van der Waals surface area contributed by atoms with Crippen molar-refractivity contribution in [2.75, 3.05) is 5.73 Å². The number of anilines is 1. The Kier molecular flexibility index (Phi) is 4.21. The molecular weight excluding hydrogens is 341 g/mol. The minimum absolute atomic E-state index is 0.188. The monoisotopic (exact) mass is 349 g/mol. The van der Waals surface area contributed by atoms with E-state index in [0.29, 0.717) is 26.5 Å². The maximum absolute atomic E-state index is 6.06. The second-order valence-corrected chi connectivity index (χ2v) is 5.88. The molecule has 3 rings (SSSR count). The number of hydrogen-bond acceptors (Lipinski definition) is 3. The van der Waals surface area contributed by atoms with Crippen LogP contribution < -0.4 is 5.73 Å². The number of nitrogens with two attached hydrogens (primary N) is 1. The third kappa shape index (κ3) is 3.17. The molecule has 2 aromatic carbocycles. The highest BCUT2D eigenvalue weighted by Crippen LogP contribution is 2.30. The van der Waals surface area contributed by atoms with Crippen LogP contribution in [0.1, 0.15) is 0 Å². The average Bonchev–Trinajstić information content (AvgIpc) is 2.50. The largest absolute Gasteiger partial charge is 0.368 e. The highest BCUT2D eigenvalue weighted by atomic mass is 35.5. The van der Waals surface area contributed by atoms with E-state index in [4.69, 9.17) is 40.5 Å². The fourth-order valence-electron chi connectivity index (χ4n) is 2.04. The van der Waals surface area contributed by atoms with E-state index in [1.165, 1.54) is 0 Å². The Morgan fingerprint density at radius 1 is 0.682 bits per heavy atom. The van der Waals surface area contributed by atoms with Crippen LogP contribution in [0, 0.1) is 0 Å². The maximum Gasteiger partial charge on any atom is 0.221 e. The Morgan fingerprint density at radius 2 is 1.27 bits per heavy atom. The zero-order chi connectivity index (χ0) is 15.7. The third-order valence-electron chi connectivity index (χ3n) is 3.10. The summed E-state index contributed by atoms with van der Waals surface area (Å²) in [5.41, 5.74) is 8.94. The second-order valence-electron chi connectivity index (χ2n) is 4.63. The molecule has 0 amide bonds. The van der Waals surface area contributed by atoms with Crippen LogP contribution in [0.2, 0.25) is 15.1 Å². The number of aromatic nitrogens is 2. The summed E-state index contributed by atoms with van der Waals surface area (Å²) < 4.78 is 0. The standard InChI is InChI=1S/C16H10Cl3N3/c17-11-4-1-9(2-5-11)14-8-15(22-16(20)21-14)10-3-6-12(18)13(19)7-10/h1-8H,(H2,20,21,22). The second kappa shape index (κ2) is 6.13. The Balaban J connectivity index is 2.09. The van der Waals surface area contributed by atoms with Crippen LogP contribution in [-0.2, 0) is 0 Å². The summed E-state index contributed by atoms with van der Waals surface area (Å²) >= 11 is 17.9. The molecule has 0 atom stereocenters. The number of rotatable bonds is 2. The van der Waals surface area contributed by atoms with Crippen LogP contribution in [0.3, 0.4) is 0 Å². The highest BCUT2D eigenvalue weighted by Gasteiger charge is 2.08. The molecule has 1 heterocycles. The number of hydrogen-bond donors (Lipinski definition) is 1. The molecule has 0 aliphatic rings. The third-order valence-corrected chi connectivity index (χ3v) is 4.09. The van der Waals surface area contributed by atoms with Crippen molar-refractivity contribution in [1.29, 1.82) is 0 Å². The van der Waals surface area contributed by atoms with E-state index in [1.54, 1.807) is 24.3 Å². The fraction of sp³-hybridized carbons (Fsp3) is 0. The van der Waals surface area contributed by atoms with E-state index < -0.39 is 0 Å². The lowest BCUT2D eigenvalue weighted by Crippen LogP contribution is -1.98. The van der Waals surface area contributed by atoms with Gasteiger partial charge in [-0.2, -0.15) is 0 Å². The van der Waals surface area contributed by atoms with Crippen LogP contribution in [0.25, 0.3) is 22.5 Å². The Labute approximate surface area is 142 Å². The molecule has 3 aromatic rings. The summed E-state index contributed by atoms with van der Waals surface area (Å²) in [5.74, 6) is 0.188. The van der Waals surface area contributed by atoms with Crippen LogP contribution in [-0.4, -0.2) is 9.97 Å². The van der Waals surface area contributed by atoms with Crippen molar-refractivity contribution in [3.05, 3.63) is 63.6 Å². The number of nitrogens with zero attached hydrogens (tertiary/aromatic N) is 2. The van der Waals surface area contributed by atoms with Crippen molar-refractivity contribution in [2.24, 2.45) is 0 Å². The summed E-state index contributed by atoms with van der Waals surface area (Å²) in [7, 11) is 0. The predicted molar refractivity (Wildman–Crippen MR) is 92.3 cm³/mol. The first-order valence-electron chi connectivity index (χ1n) is 6.39. The minimum Gasteiger partial charge on any atom is -0.368 e. The molecule has 6 heteroatoms. The topological polar surface area (TPSA) is 51.8 Å². The van der Waals surface area contributed by atoms with Crippen LogP contribution in [0.4, 0.5) is 5.95 Å². The van der Waals surface area contributed by atoms with E-state index in [-0.39, 0.29) is 5.95 Å². The minimum atomic E-state index is 0.188. The molecule has 2 N–H and O–H groups in total. The molecule has 0 radical (unpaired) electrons. The van der Waals surface area contributed by atoms with Gasteiger partial charge in [0.1, 0.15) is 0 Å². The smallest absolute Gasteiger partial charge is 0.221 e. The molecular formula is C16H10Cl3N3. The molecule has 0 saturated heterocycles. The molecule has 0 saturated carbocycles. The normalized spacial score (nSPS) is 10.7. The van der Waals surface area contributed by atoms with Gasteiger partial charge in [-0.1, -0.05) is 53.0 Å². The van der Waals surface area contributed by atoms with Gasteiger partial charge in [0.15, 0.2) is 0 Å². The molecule has 22 heavy (non-hydrogen) atoms. The quantitative estimate of drug-likeness (QED) is 0.677. The van der Waals surface area contributed by atoms with Gasteiger partial charge < -0.3 is 5.73 Å². The number of nitrogen functional groups attached to an aromatic ring is 1. The van der Waals surface area contributed by atoms with Crippen molar-refractivity contribution >= 4 is 40.8 Å². The van der Waals surface area contributed by atoms with E-state index in [9.17, 15) is 0 Å². The van der Waals surface area contributed by atoms with E-state index in [2.05, 4.69) is 9.97 Å². The number of benzene rings is 2. The Hall–Kier alpha value is -1.81. The molecule has 110 valence electrons. The first-order chi connectivity index (χ1) is 10.5. The van der Waals surface area contributed by atoms with Crippen molar-refractivity contribution in [1.82, 2.24) is 9.97 Å². The van der Waals surface area contributed by atoms with E-state index in [0.717, 1.165) is 11.1 Å². The molecule has 0 aliphatic heterocycles. The Morgan fingerprint density at radius 3 is 1.91 bits per heavy atom. The lowest BCUT2D eigenvalue weighted by atomic mass is 10.1. The molecule has 3 nitrogen and oxygen atoms in total. The summed E-state index contributed by atoms with van der Waals surface area (Å²) in [6.07, 6.45) is 0. The maximum atomic E-state index is 6.06. The lowest BCUT2D eigenvalue weighted by molar-refractivity contribution is 1.19. The van der Waals surface area contributed by atoms with Crippen molar-refractivity contribution in [3.8, 4) is 22.5 Å². The van der Waals surface area contributed by atoms with Crippen molar-refractivity contribution < 1.29 is 0 Å². The first kappa shape index (κ1) is 15.1. The van der Waals surface area contributed by atoms with Crippen molar-refractivity contribution in [3.63, 3.8) is 0 Å². The van der Waals surface area contributed by atoms with Crippen LogP contribution >= 0.6 is 34.8 Å². The van der Waals surface area contributed by atoms with Gasteiger partial charge in [-0.25, -0.2) is 9.97 Å². The van der Waals surface area contributed by atoms with Crippen LogP contribution in [0.5, 0.6) is 0 Å². The molecule has 0 aliphatic carbocycles. The summed E-state index contributed by atoms with van der Waals surface area (Å²) in [4.78, 5) is 8.52. The fourth-order valence-corrected chi connectivity index (χ4v) is 2.46. The van der Waals surface area contributed by atoms with Crippen molar-refractivity contribution in [2.45, 2.75) is 0 Å². The van der Waals surface area contributed by atoms with Gasteiger partial charge in [-0.05, 0) is 30.3 Å². The molecule has 0 unspecified atom stereocenters. The van der Waals surface area contributed by atoms with Gasteiger partial charge in [0.2, 0.25) is 5.95 Å². The summed E-state index contributed by atoms with van der Waals surface area (Å²) in [6, 6.07) is 14.5. The van der Waals surface area contributed by atoms with Gasteiger partial charge >= 0.3 is 0 Å². The van der Waals surface area contributed by atoms with Gasteiger partial charge in [0.25, 0.3) is 0 Å². The Bertz CT molecular complexity index is 833. The molecule has 0 bridgehead atoms.